The van der Waals surface area contributed by atoms with Crippen molar-refractivity contribution in [3.63, 3.8) is 0 Å². The van der Waals surface area contributed by atoms with Gasteiger partial charge in [-0.3, -0.25) is 0 Å². The summed E-state index contributed by atoms with van der Waals surface area (Å²) in [6, 6.07) is 0. The fourth-order valence-electron chi connectivity index (χ4n) is 0.465. The zero-order valence-corrected chi connectivity index (χ0v) is 4.84. The SMILES string of the molecule is O=NCCCCCO. The van der Waals surface area contributed by atoms with E-state index in [4.69, 9.17) is 5.11 Å². The van der Waals surface area contributed by atoms with Crippen LogP contribution in [-0.4, -0.2) is 18.3 Å². The molecule has 0 aliphatic rings. The molecule has 0 aliphatic heterocycles. The molecule has 0 saturated heterocycles. The van der Waals surface area contributed by atoms with Crippen LogP contribution in [-0.2, 0) is 0 Å². The van der Waals surface area contributed by atoms with E-state index in [0.717, 1.165) is 19.3 Å². The van der Waals surface area contributed by atoms with Gasteiger partial charge in [0.15, 0.2) is 0 Å². The average Bonchev–Trinajstić information content (AvgIpc) is 1.81. The summed E-state index contributed by atoms with van der Waals surface area (Å²) in [6.07, 6.45) is 2.50. The number of rotatable bonds is 5. The van der Waals surface area contributed by atoms with Crippen LogP contribution < -0.4 is 0 Å². The van der Waals surface area contributed by atoms with E-state index in [1.807, 2.05) is 0 Å². The van der Waals surface area contributed by atoms with Crippen molar-refractivity contribution < 1.29 is 5.11 Å². The van der Waals surface area contributed by atoms with Crippen LogP contribution in [0.25, 0.3) is 0 Å². The van der Waals surface area contributed by atoms with Crippen LogP contribution in [0, 0.1) is 4.91 Å². The summed E-state index contributed by atoms with van der Waals surface area (Å²) in [4.78, 5) is 9.46. The minimum absolute atomic E-state index is 0.221. The minimum Gasteiger partial charge on any atom is -0.396 e. The molecule has 0 aromatic heterocycles. The highest BCUT2D eigenvalue weighted by atomic mass is 16.3. The lowest BCUT2D eigenvalue weighted by molar-refractivity contribution is 0.283. The van der Waals surface area contributed by atoms with Gasteiger partial charge in [-0.15, -0.1) is 0 Å². The number of hydrogen-bond acceptors (Lipinski definition) is 3. The van der Waals surface area contributed by atoms with Gasteiger partial charge >= 0.3 is 0 Å². The van der Waals surface area contributed by atoms with Crippen molar-refractivity contribution >= 4 is 0 Å². The maximum atomic E-state index is 9.46. The molecule has 0 aromatic rings. The maximum Gasteiger partial charge on any atom is 0.0811 e. The van der Waals surface area contributed by atoms with Crippen LogP contribution in [0.1, 0.15) is 19.3 Å². The van der Waals surface area contributed by atoms with Crippen LogP contribution in [0.2, 0.25) is 0 Å². The molecule has 0 unspecified atom stereocenters. The third kappa shape index (κ3) is 5.56. The van der Waals surface area contributed by atoms with Crippen molar-refractivity contribution in [2.75, 3.05) is 13.2 Å². The van der Waals surface area contributed by atoms with Crippen LogP contribution >= 0.6 is 0 Å². The molecular weight excluding hydrogens is 106 g/mol. The van der Waals surface area contributed by atoms with E-state index in [-0.39, 0.29) is 6.61 Å². The number of hydrogen-bond donors (Lipinski definition) is 1. The van der Waals surface area contributed by atoms with Gasteiger partial charge in [-0.25, -0.2) is 0 Å². The second kappa shape index (κ2) is 6.56. The van der Waals surface area contributed by atoms with Gasteiger partial charge < -0.3 is 5.11 Å². The van der Waals surface area contributed by atoms with Gasteiger partial charge in [0.25, 0.3) is 0 Å². The molecule has 8 heavy (non-hydrogen) atoms. The van der Waals surface area contributed by atoms with Crippen molar-refractivity contribution in [1.29, 1.82) is 0 Å². The maximum absolute atomic E-state index is 9.46. The molecule has 0 fully saturated rings. The van der Waals surface area contributed by atoms with Crippen LogP contribution in [0.3, 0.4) is 0 Å². The fourth-order valence-corrected chi connectivity index (χ4v) is 0.465. The van der Waals surface area contributed by atoms with Crippen molar-refractivity contribution in [3.8, 4) is 0 Å². The number of aliphatic hydroxyl groups is 1. The molecule has 48 valence electrons. The second-order valence-corrected chi connectivity index (χ2v) is 1.64. The van der Waals surface area contributed by atoms with Crippen molar-refractivity contribution in [2.45, 2.75) is 19.3 Å². The molecule has 0 rings (SSSR count). The zero-order chi connectivity index (χ0) is 6.24. The first-order valence-corrected chi connectivity index (χ1v) is 2.82. The Bertz CT molecular complexity index is 56.4. The minimum atomic E-state index is 0.221. The topological polar surface area (TPSA) is 49.7 Å². The van der Waals surface area contributed by atoms with Crippen LogP contribution in [0.5, 0.6) is 0 Å². The molecule has 3 nitrogen and oxygen atoms in total. The van der Waals surface area contributed by atoms with Crippen molar-refractivity contribution in [3.05, 3.63) is 4.91 Å². The van der Waals surface area contributed by atoms with E-state index in [9.17, 15) is 4.91 Å². The average molecular weight is 117 g/mol. The van der Waals surface area contributed by atoms with Gasteiger partial charge in [-0.2, -0.15) is 4.91 Å². The fraction of sp³-hybridized carbons (Fsp3) is 1.00. The van der Waals surface area contributed by atoms with E-state index in [0.29, 0.717) is 6.54 Å². The highest BCUT2D eigenvalue weighted by Crippen LogP contribution is 1.92. The summed E-state index contributed by atoms with van der Waals surface area (Å²) in [6.45, 7) is 0.610. The largest absolute Gasteiger partial charge is 0.396 e. The lowest BCUT2D eigenvalue weighted by atomic mass is 10.2. The van der Waals surface area contributed by atoms with Crippen LogP contribution in [0.15, 0.2) is 5.18 Å². The van der Waals surface area contributed by atoms with Crippen molar-refractivity contribution in [1.82, 2.24) is 0 Å². The number of nitrogens with zero attached hydrogens (tertiary/aromatic N) is 1. The van der Waals surface area contributed by atoms with Gasteiger partial charge in [-0.1, -0.05) is 5.18 Å². The quantitative estimate of drug-likeness (QED) is 0.430. The Morgan fingerprint density at radius 3 is 2.50 bits per heavy atom. The van der Waals surface area contributed by atoms with E-state index in [2.05, 4.69) is 5.18 Å². The van der Waals surface area contributed by atoms with Gasteiger partial charge in [0.1, 0.15) is 0 Å². The standard InChI is InChI=1S/C5H11NO2/c7-5-3-1-2-4-6-8/h7H,1-5H2. The van der Waals surface area contributed by atoms with Gasteiger partial charge in [0.2, 0.25) is 0 Å². The first-order valence-electron chi connectivity index (χ1n) is 2.82. The normalized spacial score (nSPS) is 9.12. The van der Waals surface area contributed by atoms with E-state index in [1.165, 1.54) is 0 Å². The lowest BCUT2D eigenvalue weighted by Gasteiger charge is -1.89. The van der Waals surface area contributed by atoms with Crippen molar-refractivity contribution in [2.24, 2.45) is 5.18 Å². The Morgan fingerprint density at radius 2 is 2.00 bits per heavy atom. The van der Waals surface area contributed by atoms with Gasteiger partial charge in [-0.05, 0) is 19.3 Å². The third-order valence-electron chi connectivity index (χ3n) is 0.908. The van der Waals surface area contributed by atoms with Crippen LogP contribution in [0.4, 0.5) is 0 Å². The monoisotopic (exact) mass is 117 g/mol. The Labute approximate surface area is 48.7 Å². The first kappa shape index (κ1) is 7.56. The number of unbranched alkanes of at least 4 members (excludes halogenated alkanes) is 2. The molecule has 0 amide bonds. The van der Waals surface area contributed by atoms with E-state index >= 15 is 0 Å². The molecule has 0 bridgehead atoms. The molecular formula is C5H11NO2. The molecule has 0 aromatic carbocycles. The second-order valence-electron chi connectivity index (χ2n) is 1.64. The third-order valence-corrected chi connectivity index (χ3v) is 0.908. The Balaban J connectivity index is 2.62. The van der Waals surface area contributed by atoms with Gasteiger partial charge in [0, 0.05) is 6.61 Å². The number of nitroso groups, excluding NO2 is 1. The summed E-state index contributed by atoms with van der Waals surface area (Å²) in [5.74, 6) is 0. The molecule has 0 spiro atoms. The highest BCUT2D eigenvalue weighted by Gasteiger charge is 1.84. The smallest absolute Gasteiger partial charge is 0.0811 e. The summed E-state index contributed by atoms with van der Waals surface area (Å²) >= 11 is 0. The molecule has 0 aliphatic carbocycles. The molecule has 0 radical (unpaired) electrons. The molecule has 3 heteroatoms. The highest BCUT2D eigenvalue weighted by molar-refractivity contribution is 4.42. The predicted octanol–water partition coefficient (Wildman–Crippen LogP) is 0.915. The molecule has 1 N–H and O–H groups in total. The zero-order valence-electron chi connectivity index (χ0n) is 4.84. The summed E-state index contributed by atoms with van der Waals surface area (Å²) in [7, 11) is 0. The number of aliphatic hydroxyl groups excluding tert-OH is 1. The first-order chi connectivity index (χ1) is 3.91. The molecule has 0 saturated carbocycles. The van der Waals surface area contributed by atoms with E-state index < -0.39 is 0 Å². The Kier molecular flexibility index (Phi) is 6.20. The summed E-state index contributed by atoms with van der Waals surface area (Å²) < 4.78 is 0. The summed E-state index contributed by atoms with van der Waals surface area (Å²) in [5, 5.41) is 10.9. The predicted molar refractivity (Wildman–Crippen MR) is 31.6 cm³/mol. The van der Waals surface area contributed by atoms with E-state index in [1.54, 1.807) is 0 Å². The Hall–Kier alpha value is -0.440. The Morgan fingerprint density at radius 1 is 1.25 bits per heavy atom. The lowest BCUT2D eigenvalue weighted by Crippen LogP contribution is -1.84. The molecule has 0 heterocycles. The molecule has 0 atom stereocenters. The summed E-state index contributed by atoms with van der Waals surface area (Å²) in [5.41, 5.74) is 0. The van der Waals surface area contributed by atoms with Gasteiger partial charge in [0.05, 0.1) is 6.54 Å².